The summed E-state index contributed by atoms with van der Waals surface area (Å²) in [6, 6.07) is 0. The van der Waals surface area contributed by atoms with Crippen molar-refractivity contribution in [2.45, 2.75) is 20.8 Å². The van der Waals surface area contributed by atoms with Crippen molar-refractivity contribution in [3.8, 4) is 0 Å². The Morgan fingerprint density at radius 3 is 2.22 bits per heavy atom. The summed E-state index contributed by atoms with van der Waals surface area (Å²) < 4.78 is 4.35. The van der Waals surface area contributed by atoms with Crippen LogP contribution in [0, 0.1) is 5.41 Å². The summed E-state index contributed by atoms with van der Waals surface area (Å²) in [6.07, 6.45) is 3.22. The zero-order chi connectivity index (χ0) is 7.33. The van der Waals surface area contributed by atoms with E-state index in [4.69, 9.17) is 0 Å². The highest BCUT2D eigenvalue weighted by Crippen LogP contribution is 2.13. The molecule has 0 unspecified atom stereocenters. The minimum absolute atomic E-state index is 0.0863. The Kier molecular flexibility index (Phi) is 2.99. The smallest absolute Gasteiger partial charge is 0.297 e. The van der Waals surface area contributed by atoms with Crippen molar-refractivity contribution in [2.24, 2.45) is 5.41 Å². The fourth-order valence-corrected chi connectivity index (χ4v) is 0.275. The lowest BCUT2D eigenvalue weighted by molar-refractivity contribution is -0.123. The van der Waals surface area contributed by atoms with Crippen LogP contribution in [0.25, 0.3) is 0 Å². The van der Waals surface area contributed by atoms with Gasteiger partial charge in [-0.15, -0.1) is 0 Å². The molecule has 0 aliphatic heterocycles. The van der Waals surface area contributed by atoms with Crippen LogP contribution >= 0.6 is 0 Å². The topological polar surface area (TPSA) is 26.3 Å². The van der Waals surface area contributed by atoms with Gasteiger partial charge in [-0.25, -0.2) is 0 Å². The minimum atomic E-state index is 0.0863. The largest absolute Gasteiger partial charge is 0.437 e. The first-order valence-corrected chi connectivity index (χ1v) is 2.83. The maximum atomic E-state index is 9.62. The van der Waals surface area contributed by atoms with E-state index >= 15 is 0 Å². The van der Waals surface area contributed by atoms with Crippen molar-refractivity contribution in [2.75, 3.05) is 0 Å². The molecule has 2 nitrogen and oxygen atoms in total. The zero-order valence-corrected chi connectivity index (χ0v) is 6.05. The fraction of sp³-hybridized carbons (Fsp3) is 0.571. The van der Waals surface area contributed by atoms with Crippen LogP contribution in [0.3, 0.4) is 0 Å². The predicted octanol–water partition coefficient (Wildman–Crippen LogP) is 1.72. The number of rotatable bonds is 2. The van der Waals surface area contributed by atoms with E-state index in [1.165, 1.54) is 6.26 Å². The van der Waals surface area contributed by atoms with Gasteiger partial charge in [-0.1, -0.05) is 20.8 Å². The summed E-state index contributed by atoms with van der Waals surface area (Å²) in [4.78, 5) is 9.62. The average Bonchev–Trinajstić information content (AvgIpc) is 1.63. The highest BCUT2D eigenvalue weighted by molar-refractivity contribution is 5.38. The van der Waals surface area contributed by atoms with E-state index < -0.39 is 0 Å². The molecule has 52 valence electrons. The lowest BCUT2D eigenvalue weighted by Crippen LogP contribution is -1.98. The molecule has 0 aliphatic carbocycles. The van der Waals surface area contributed by atoms with Crippen LogP contribution in [-0.4, -0.2) is 6.47 Å². The van der Waals surface area contributed by atoms with Crippen molar-refractivity contribution < 1.29 is 9.53 Å². The van der Waals surface area contributed by atoms with Gasteiger partial charge < -0.3 is 4.74 Å². The number of ether oxygens (including phenoxy) is 1. The van der Waals surface area contributed by atoms with Gasteiger partial charge in [-0.2, -0.15) is 0 Å². The molecule has 0 fully saturated rings. The van der Waals surface area contributed by atoms with Crippen LogP contribution in [0.4, 0.5) is 0 Å². The molecule has 0 aromatic rings. The molecule has 2 heteroatoms. The first kappa shape index (κ1) is 8.21. The second-order valence-corrected chi connectivity index (χ2v) is 2.90. The van der Waals surface area contributed by atoms with Gasteiger partial charge in [0, 0.05) is 0 Å². The van der Waals surface area contributed by atoms with Crippen molar-refractivity contribution in [3.05, 3.63) is 12.3 Å². The normalized spacial score (nSPS) is 11.9. The molecule has 0 aromatic heterocycles. The van der Waals surface area contributed by atoms with Gasteiger partial charge in [0.05, 0.1) is 6.26 Å². The Morgan fingerprint density at radius 1 is 1.33 bits per heavy atom. The lowest BCUT2D eigenvalue weighted by Gasteiger charge is -2.09. The Hall–Kier alpha value is -0.790. The molecule has 0 N–H and O–H groups in total. The summed E-state index contributed by atoms with van der Waals surface area (Å²) in [7, 11) is 0. The minimum Gasteiger partial charge on any atom is -0.437 e. The Labute approximate surface area is 55.5 Å². The number of carbonyl (C=O) groups excluding carboxylic acids is 1. The second-order valence-electron chi connectivity index (χ2n) is 2.90. The Morgan fingerprint density at radius 2 is 1.89 bits per heavy atom. The third-order valence-electron chi connectivity index (χ3n) is 0.702. The Bertz CT molecular complexity index is 109. The van der Waals surface area contributed by atoms with Crippen LogP contribution in [0.2, 0.25) is 0 Å². The molecule has 0 aromatic carbocycles. The summed E-state index contributed by atoms with van der Waals surface area (Å²) in [6.45, 7) is 6.48. The third-order valence-corrected chi connectivity index (χ3v) is 0.702. The van der Waals surface area contributed by atoms with E-state index in [0.29, 0.717) is 6.47 Å². The molecule has 0 saturated carbocycles. The monoisotopic (exact) mass is 128 g/mol. The summed E-state index contributed by atoms with van der Waals surface area (Å²) in [5.41, 5.74) is 0.0863. The predicted molar refractivity (Wildman–Crippen MR) is 35.7 cm³/mol. The molecule has 0 bridgehead atoms. The molecule has 0 aliphatic rings. The highest BCUT2D eigenvalue weighted by Gasteiger charge is 2.02. The number of hydrogen-bond donors (Lipinski definition) is 0. The van der Waals surface area contributed by atoms with E-state index in [0.717, 1.165) is 0 Å². The van der Waals surface area contributed by atoms with Gasteiger partial charge in [0.1, 0.15) is 0 Å². The number of allylic oxidation sites excluding steroid dienone is 1. The zero-order valence-electron chi connectivity index (χ0n) is 6.05. The molecule has 0 spiro atoms. The molecular weight excluding hydrogens is 116 g/mol. The molecule has 0 saturated heterocycles. The first-order chi connectivity index (χ1) is 4.06. The third kappa shape index (κ3) is 7.21. The van der Waals surface area contributed by atoms with E-state index in [1.54, 1.807) is 0 Å². The summed E-state index contributed by atoms with van der Waals surface area (Å²) in [5.74, 6) is 0. The number of hydrogen-bond acceptors (Lipinski definition) is 2. The molecule has 0 atom stereocenters. The van der Waals surface area contributed by atoms with Gasteiger partial charge in [-0.3, -0.25) is 4.79 Å². The highest BCUT2D eigenvalue weighted by atomic mass is 16.5. The van der Waals surface area contributed by atoms with E-state index in [1.807, 2.05) is 26.8 Å². The maximum Gasteiger partial charge on any atom is 0.297 e. The van der Waals surface area contributed by atoms with Gasteiger partial charge in [0.15, 0.2) is 0 Å². The molecule has 0 amide bonds. The molecule has 9 heavy (non-hydrogen) atoms. The van der Waals surface area contributed by atoms with Crippen molar-refractivity contribution in [1.29, 1.82) is 0 Å². The van der Waals surface area contributed by atoms with Crippen molar-refractivity contribution >= 4 is 6.47 Å². The van der Waals surface area contributed by atoms with Crippen LogP contribution in [0.15, 0.2) is 12.3 Å². The summed E-state index contributed by atoms with van der Waals surface area (Å²) >= 11 is 0. The molecule has 0 radical (unpaired) electrons. The number of carbonyl (C=O) groups is 1. The second kappa shape index (κ2) is 3.28. The van der Waals surface area contributed by atoms with Gasteiger partial charge in [0.2, 0.25) is 0 Å². The van der Waals surface area contributed by atoms with Gasteiger partial charge in [-0.05, 0) is 11.5 Å². The fourth-order valence-electron chi connectivity index (χ4n) is 0.275. The van der Waals surface area contributed by atoms with E-state index in [-0.39, 0.29) is 5.41 Å². The maximum absolute atomic E-state index is 9.62. The first-order valence-electron chi connectivity index (χ1n) is 2.83. The van der Waals surface area contributed by atoms with Crippen LogP contribution < -0.4 is 0 Å². The van der Waals surface area contributed by atoms with Crippen LogP contribution in [0.5, 0.6) is 0 Å². The Balaban J connectivity index is 3.57. The molecule has 0 heterocycles. The van der Waals surface area contributed by atoms with Crippen molar-refractivity contribution in [3.63, 3.8) is 0 Å². The van der Waals surface area contributed by atoms with E-state index in [2.05, 4.69) is 4.74 Å². The molecular formula is C7H12O2. The summed E-state index contributed by atoms with van der Waals surface area (Å²) in [5, 5.41) is 0. The van der Waals surface area contributed by atoms with Gasteiger partial charge in [0.25, 0.3) is 6.47 Å². The van der Waals surface area contributed by atoms with Crippen LogP contribution in [0.1, 0.15) is 20.8 Å². The van der Waals surface area contributed by atoms with Gasteiger partial charge >= 0.3 is 0 Å². The molecule has 0 rings (SSSR count). The van der Waals surface area contributed by atoms with Crippen molar-refractivity contribution in [1.82, 2.24) is 0 Å². The SMILES string of the molecule is CC(C)(C)/C=C/OC=O. The van der Waals surface area contributed by atoms with Crippen LogP contribution in [-0.2, 0) is 9.53 Å². The standard InChI is InChI=1S/C7H12O2/c1-7(2,3)4-5-9-6-8/h4-6H,1-3H3/b5-4+. The van der Waals surface area contributed by atoms with E-state index in [9.17, 15) is 4.79 Å². The quantitative estimate of drug-likeness (QED) is 0.418. The lowest BCUT2D eigenvalue weighted by atomic mass is 9.97. The average molecular weight is 128 g/mol.